The average molecular weight is 207 g/mol. The summed E-state index contributed by atoms with van der Waals surface area (Å²) in [6, 6.07) is 0. The highest BCUT2D eigenvalue weighted by molar-refractivity contribution is 4.86. The molecule has 0 bridgehead atoms. The first-order valence-electron chi connectivity index (χ1n) is 6.97. The predicted molar refractivity (Wildman–Crippen MR) is 68.8 cm³/mol. The van der Waals surface area contributed by atoms with Crippen molar-refractivity contribution in [3.8, 4) is 0 Å². The molecule has 1 aliphatic rings. The Kier molecular flexibility index (Phi) is 8.76. The quantitative estimate of drug-likeness (QED) is 0.464. The van der Waals surface area contributed by atoms with Crippen LogP contribution in [0, 0.1) is 6.42 Å². The summed E-state index contributed by atoms with van der Waals surface area (Å²) >= 11 is 0. The zero-order valence-electron chi connectivity index (χ0n) is 10.2. The molecule has 0 atom stereocenters. The Morgan fingerprint density at radius 3 is 1.67 bits per heavy atom. The molecule has 0 amide bonds. The van der Waals surface area contributed by atoms with Crippen LogP contribution in [0.2, 0.25) is 0 Å². The Morgan fingerprint density at radius 1 is 0.467 bits per heavy atom. The zero-order valence-corrected chi connectivity index (χ0v) is 10.2. The smallest absolute Gasteiger partial charge is 0.0319 e. The molecule has 0 unspecified atom stereocenters. The molecule has 0 nitrogen and oxygen atoms in total. The van der Waals surface area contributed by atoms with Crippen LogP contribution in [0.1, 0.15) is 77.0 Å². The maximum atomic E-state index is 2.44. The fraction of sp³-hybridized carbons (Fsp3) is 0.800. The second-order valence-electron chi connectivity index (χ2n) is 4.76. The van der Waals surface area contributed by atoms with E-state index in [-0.39, 0.29) is 0 Å². The lowest BCUT2D eigenvalue weighted by atomic mass is 10.1. The molecule has 1 rings (SSSR count). The average Bonchev–Trinajstić information content (AvgIpc) is 2.27. The van der Waals surface area contributed by atoms with E-state index in [0.717, 1.165) is 0 Å². The van der Waals surface area contributed by atoms with Crippen LogP contribution in [-0.2, 0) is 0 Å². The van der Waals surface area contributed by atoms with Gasteiger partial charge in [0, 0.05) is 0 Å². The molecule has 0 spiro atoms. The van der Waals surface area contributed by atoms with Crippen molar-refractivity contribution in [2.75, 3.05) is 0 Å². The molecule has 0 aliphatic heterocycles. The van der Waals surface area contributed by atoms with Gasteiger partial charge in [0.25, 0.3) is 0 Å². The van der Waals surface area contributed by atoms with Crippen LogP contribution in [0.3, 0.4) is 0 Å². The summed E-state index contributed by atoms with van der Waals surface area (Å²) in [6.45, 7) is 0. The molecule has 0 N–H and O–H groups in total. The fourth-order valence-electron chi connectivity index (χ4n) is 2.22. The van der Waals surface area contributed by atoms with E-state index in [1.165, 1.54) is 77.0 Å². The summed E-state index contributed by atoms with van der Waals surface area (Å²) < 4.78 is 0. The second kappa shape index (κ2) is 10.3. The van der Waals surface area contributed by atoms with Crippen LogP contribution in [0.5, 0.6) is 0 Å². The predicted octanol–water partition coefficient (Wildman–Crippen LogP) is 5.44. The van der Waals surface area contributed by atoms with Crippen molar-refractivity contribution < 1.29 is 0 Å². The van der Waals surface area contributed by atoms with Crippen molar-refractivity contribution >= 4 is 0 Å². The highest BCUT2D eigenvalue weighted by atomic mass is 14.0. The van der Waals surface area contributed by atoms with Gasteiger partial charge in [-0.1, -0.05) is 63.5 Å². The van der Waals surface area contributed by atoms with E-state index in [0.29, 0.717) is 0 Å². The second-order valence-corrected chi connectivity index (χ2v) is 4.76. The first-order chi connectivity index (χ1) is 7.50. The van der Waals surface area contributed by atoms with Crippen molar-refractivity contribution in [3.63, 3.8) is 0 Å². The summed E-state index contributed by atoms with van der Waals surface area (Å²) in [7, 11) is 0. The monoisotopic (exact) mass is 207 g/mol. The van der Waals surface area contributed by atoms with E-state index >= 15 is 0 Å². The SMILES string of the molecule is [CH]1CC=CCCCCCCCCCCC1. The van der Waals surface area contributed by atoms with Crippen LogP contribution in [0.15, 0.2) is 12.2 Å². The topological polar surface area (TPSA) is 0 Å². The van der Waals surface area contributed by atoms with Gasteiger partial charge in [-0.3, -0.25) is 0 Å². The van der Waals surface area contributed by atoms with Crippen molar-refractivity contribution in [2.24, 2.45) is 0 Å². The number of allylic oxidation sites excluding steroid dienone is 2. The molecule has 15 heavy (non-hydrogen) atoms. The summed E-state index contributed by atoms with van der Waals surface area (Å²) in [5, 5.41) is 0. The molecule has 0 heterocycles. The Hall–Kier alpha value is -0.260. The molecule has 0 saturated heterocycles. The maximum absolute atomic E-state index is 2.44. The number of hydrogen-bond donors (Lipinski definition) is 0. The van der Waals surface area contributed by atoms with E-state index < -0.39 is 0 Å². The van der Waals surface area contributed by atoms with E-state index in [1.54, 1.807) is 0 Å². The minimum atomic E-state index is 1.19. The summed E-state index contributed by atoms with van der Waals surface area (Å²) in [5.74, 6) is 0. The van der Waals surface area contributed by atoms with Gasteiger partial charge in [0.15, 0.2) is 0 Å². The molecule has 0 saturated carbocycles. The van der Waals surface area contributed by atoms with Gasteiger partial charge in [0.05, 0.1) is 0 Å². The number of rotatable bonds is 0. The third-order valence-electron chi connectivity index (χ3n) is 3.25. The van der Waals surface area contributed by atoms with Gasteiger partial charge in [-0.2, -0.15) is 0 Å². The summed E-state index contributed by atoms with van der Waals surface area (Å²) in [6.07, 6.45) is 24.0. The lowest BCUT2D eigenvalue weighted by molar-refractivity contribution is 0.559. The van der Waals surface area contributed by atoms with Gasteiger partial charge in [-0.05, 0) is 32.1 Å². The van der Waals surface area contributed by atoms with Crippen molar-refractivity contribution in [1.82, 2.24) is 0 Å². The fourth-order valence-corrected chi connectivity index (χ4v) is 2.22. The van der Waals surface area contributed by atoms with Crippen LogP contribution in [0.4, 0.5) is 0 Å². The van der Waals surface area contributed by atoms with Crippen LogP contribution >= 0.6 is 0 Å². The highest BCUT2D eigenvalue weighted by Gasteiger charge is 1.94. The normalized spacial score (nSPS) is 22.9. The summed E-state index contributed by atoms with van der Waals surface area (Å²) in [4.78, 5) is 0. The molecule has 0 heteroatoms. The minimum absolute atomic E-state index is 1.19. The van der Waals surface area contributed by atoms with Crippen molar-refractivity contribution in [2.45, 2.75) is 77.0 Å². The Balaban J connectivity index is 2.08. The lowest BCUT2D eigenvalue weighted by Crippen LogP contribution is -1.81. The zero-order chi connectivity index (χ0) is 10.6. The maximum Gasteiger partial charge on any atom is -0.0319 e. The highest BCUT2D eigenvalue weighted by Crippen LogP contribution is 2.13. The van der Waals surface area contributed by atoms with Crippen LogP contribution in [-0.4, -0.2) is 0 Å². The Morgan fingerprint density at radius 2 is 1.00 bits per heavy atom. The minimum Gasteiger partial charge on any atom is -0.0885 e. The van der Waals surface area contributed by atoms with Crippen molar-refractivity contribution in [1.29, 1.82) is 0 Å². The Bertz CT molecular complexity index is 130. The molecule has 0 aromatic carbocycles. The van der Waals surface area contributed by atoms with E-state index in [9.17, 15) is 0 Å². The molecule has 0 aromatic heterocycles. The van der Waals surface area contributed by atoms with Gasteiger partial charge in [-0.15, -0.1) is 0 Å². The lowest BCUT2D eigenvalue weighted by Gasteiger charge is -2.01. The first kappa shape index (κ1) is 12.8. The van der Waals surface area contributed by atoms with Gasteiger partial charge < -0.3 is 0 Å². The van der Waals surface area contributed by atoms with Gasteiger partial charge in [-0.25, -0.2) is 0 Å². The van der Waals surface area contributed by atoms with Crippen LogP contribution in [0.25, 0.3) is 0 Å². The van der Waals surface area contributed by atoms with E-state index in [4.69, 9.17) is 0 Å². The van der Waals surface area contributed by atoms with Crippen molar-refractivity contribution in [3.05, 3.63) is 18.6 Å². The molecular formula is C15H27. The van der Waals surface area contributed by atoms with E-state index in [1.807, 2.05) is 0 Å². The third-order valence-corrected chi connectivity index (χ3v) is 3.25. The largest absolute Gasteiger partial charge is 0.0885 e. The summed E-state index contributed by atoms with van der Waals surface area (Å²) in [5.41, 5.74) is 0. The Labute approximate surface area is 96.2 Å². The number of hydrogen-bond acceptors (Lipinski definition) is 0. The van der Waals surface area contributed by atoms with Gasteiger partial charge >= 0.3 is 0 Å². The van der Waals surface area contributed by atoms with Gasteiger partial charge in [0.1, 0.15) is 0 Å². The standard InChI is InChI=1S/C15H27/c1-2-4-6-8-10-12-14-15-13-11-9-7-5-3-1/h1-2,5H,3-4,6-15H2. The molecule has 1 radical (unpaired) electrons. The molecule has 0 aromatic rings. The third kappa shape index (κ3) is 8.72. The molecule has 0 fully saturated rings. The van der Waals surface area contributed by atoms with Crippen LogP contribution < -0.4 is 0 Å². The molecule has 87 valence electrons. The molecular weight excluding hydrogens is 180 g/mol. The first-order valence-corrected chi connectivity index (χ1v) is 6.97. The molecule has 1 aliphatic carbocycles. The van der Waals surface area contributed by atoms with E-state index in [2.05, 4.69) is 18.6 Å². The van der Waals surface area contributed by atoms with Gasteiger partial charge in [0.2, 0.25) is 0 Å².